The van der Waals surface area contributed by atoms with E-state index in [4.69, 9.17) is 5.26 Å². The van der Waals surface area contributed by atoms with Gasteiger partial charge in [-0.25, -0.2) is 0 Å². The molecule has 0 spiro atoms. The summed E-state index contributed by atoms with van der Waals surface area (Å²) in [6.45, 7) is 0. The molecule has 0 atom stereocenters. The maximum atomic E-state index is 9.70. The quantitative estimate of drug-likeness (QED) is 0.509. The van der Waals surface area contributed by atoms with Crippen LogP contribution in [-0.2, 0) is 0 Å². The Hall–Kier alpha value is -2.25. The van der Waals surface area contributed by atoms with Crippen molar-refractivity contribution in [1.29, 1.82) is 5.26 Å². The summed E-state index contributed by atoms with van der Waals surface area (Å²) < 4.78 is 0. The van der Waals surface area contributed by atoms with Crippen molar-refractivity contribution in [1.82, 2.24) is 0 Å². The minimum atomic E-state index is 0.214. The number of aromatic hydroxyl groups is 1. The Bertz CT molecular complexity index is 647. The Morgan fingerprint density at radius 2 is 1.90 bits per heavy atom. The number of thioether (sulfide) groups is 1. The lowest BCUT2D eigenvalue weighted by Gasteiger charge is -2.03. The predicted octanol–water partition coefficient (Wildman–Crippen LogP) is 4.15. The van der Waals surface area contributed by atoms with Gasteiger partial charge in [0.1, 0.15) is 5.75 Å². The summed E-state index contributed by atoms with van der Waals surface area (Å²) in [5, 5.41) is 18.3. The average Bonchev–Trinajstić information content (AvgIpc) is 2.48. The molecule has 0 aromatic heterocycles. The van der Waals surface area contributed by atoms with E-state index >= 15 is 0 Å². The van der Waals surface area contributed by atoms with Crippen molar-refractivity contribution in [3.63, 3.8) is 0 Å². The van der Waals surface area contributed by atoms with Gasteiger partial charge in [-0.1, -0.05) is 24.3 Å². The van der Waals surface area contributed by atoms with Crippen LogP contribution < -0.4 is 0 Å². The van der Waals surface area contributed by atoms with Crippen molar-refractivity contribution in [3.8, 4) is 11.8 Å². The number of rotatable bonds is 5. The summed E-state index contributed by atoms with van der Waals surface area (Å²) in [7, 11) is 0. The number of phenols is 1. The Morgan fingerprint density at radius 3 is 2.70 bits per heavy atom. The van der Waals surface area contributed by atoms with Crippen molar-refractivity contribution in [2.45, 2.75) is 11.3 Å². The Balaban J connectivity index is 2.17. The fraction of sp³-hybridized carbons (Fsp3) is 0.125. The normalized spacial score (nSPS) is 10.6. The molecule has 20 heavy (non-hydrogen) atoms. The van der Waals surface area contributed by atoms with Crippen molar-refractivity contribution < 1.29 is 5.11 Å². The van der Waals surface area contributed by atoms with Gasteiger partial charge in [-0.05, 0) is 24.3 Å². The van der Waals surface area contributed by atoms with E-state index in [2.05, 4.69) is 11.1 Å². The maximum Gasteiger partial charge on any atom is 0.124 e. The molecule has 0 aliphatic carbocycles. The van der Waals surface area contributed by atoms with E-state index in [1.54, 1.807) is 30.1 Å². The molecule has 0 aliphatic rings. The molecule has 0 saturated carbocycles. The van der Waals surface area contributed by atoms with Crippen LogP contribution in [0.5, 0.6) is 5.75 Å². The number of nitrogens with zero attached hydrogens (tertiary/aromatic N) is 2. The van der Waals surface area contributed by atoms with Gasteiger partial charge in [0.2, 0.25) is 0 Å². The number of para-hydroxylation sites is 2. The lowest BCUT2D eigenvalue weighted by Crippen LogP contribution is -1.82. The maximum absolute atomic E-state index is 9.70. The van der Waals surface area contributed by atoms with Gasteiger partial charge < -0.3 is 5.11 Å². The second-order valence-electron chi connectivity index (χ2n) is 4.04. The highest BCUT2D eigenvalue weighted by Crippen LogP contribution is 2.29. The minimum absolute atomic E-state index is 0.214. The van der Waals surface area contributed by atoms with E-state index in [9.17, 15) is 5.11 Å². The molecule has 4 heteroatoms. The largest absolute Gasteiger partial charge is 0.507 e. The standard InChI is InChI=1S/C16H14N2OS/c17-10-5-11-20-16-9-4-2-7-14(16)18-12-13-6-1-3-8-15(13)19/h1-4,6-9,12,19H,5,11H2. The van der Waals surface area contributed by atoms with Gasteiger partial charge in [-0.3, -0.25) is 4.99 Å². The smallest absolute Gasteiger partial charge is 0.124 e. The molecule has 0 bridgehead atoms. The number of aliphatic imine (C=N–C) groups is 1. The van der Waals surface area contributed by atoms with Gasteiger partial charge in [0.25, 0.3) is 0 Å². The molecule has 2 aromatic carbocycles. The highest BCUT2D eigenvalue weighted by atomic mass is 32.2. The van der Waals surface area contributed by atoms with E-state index in [-0.39, 0.29) is 5.75 Å². The Morgan fingerprint density at radius 1 is 1.15 bits per heavy atom. The first kappa shape index (κ1) is 14.2. The van der Waals surface area contributed by atoms with E-state index < -0.39 is 0 Å². The predicted molar refractivity (Wildman–Crippen MR) is 82.8 cm³/mol. The van der Waals surface area contributed by atoms with Gasteiger partial charge in [-0.2, -0.15) is 5.26 Å². The number of phenolic OH excluding ortho intramolecular Hbond substituents is 1. The first-order chi connectivity index (χ1) is 9.81. The van der Waals surface area contributed by atoms with E-state index in [0.717, 1.165) is 16.3 Å². The van der Waals surface area contributed by atoms with Crippen LogP contribution >= 0.6 is 11.8 Å². The first-order valence-electron chi connectivity index (χ1n) is 6.22. The zero-order valence-corrected chi connectivity index (χ0v) is 11.7. The number of benzene rings is 2. The zero-order chi connectivity index (χ0) is 14.2. The van der Waals surface area contributed by atoms with E-state index in [0.29, 0.717) is 12.0 Å². The number of hydrogen-bond donors (Lipinski definition) is 1. The van der Waals surface area contributed by atoms with Gasteiger partial charge in [0.05, 0.1) is 11.8 Å². The highest BCUT2D eigenvalue weighted by molar-refractivity contribution is 7.99. The van der Waals surface area contributed by atoms with Crippen molar-refractivity contribution in [3.05, 3.63) is 54.1 Å². The van der Waals surface area contributed by atoms with Crippen LogP contribution in [0.1, 0.15) is 12.0 Å². The van der Waals surface area contributed by atoms with Gasteiger partial charge in [-0.15, -0.1) is 11.8 Å². The summed E-state index contributed by atoms with van der Waals surface area (Å²) >= 11 is 1.61. The van der Waals surface area contributed by atoms with E-state index in [1.807, 2.05) is 36.4 Å². The van der Waals surface area contributed by atoms with Crippen LogP contribution in [0.25, 0.3) is 0 Å². The minimum Gasteiger partial charge on any atom is -0.507 e. The second-order valence-corrected chi connectivity index (χ2v) is 5.18. The first-order valence-corrected chi connectivity index (χ1v) is 7.20. The summed E-state index contributed by atoms with van der Waals surface area (Å²) in [5.74, 6) is 0.963. The average molecular weight is 282 g/mol. The SMILES string of the molecule is N#CCCSc1ccccc1N=Cc1ccccc1O. The topological polar surface area (TPSA) is 56.4 Å². The molecule has 0 unspecified atom stereocenters. The summed E-state index contributed by atoms with van der Waals surface area (Å²) in [5.41, 5.74) is 1.53. The lowest BCUT2D eigenvalue weighted by molar-refractivity contribution is 0.474. The summed E-state index contributed by atoms with van der Waals surface area (Å²) in [6.07, 6.45) is 2.17. The Kier molecular flexibility index (Phi) is 5.22. The third-order valence-corrected chi connectivity index (χ3v) is 3.68. The van der Waals surface area contributed by atoms with Crippen LogP contribution in [0, 0.1) is 11.3 Å². The van der Waals surface area contributed by atoms with E-state index in [1.165, 1.54) is 0 Å². The molecule has 0 aliphatic heterocycles. The van der Waals surface area contributed by atoms with Gasteiger partial charge in [0.15, 0.2) is 0 Å². The van der Waals surface area contributed by atoms with Crippen molar-refractivity contribution >= 4 is 23.7 Å². The zero-order valence-electron chi connectivity index (χ0n) is 10.9. The molecule has 0 amide bonds. The number of nitriles is 1. The van der Waals surface area contributed by atoms with Crippen LogP contribution in [-0.4, -0.2) is 17.1 Å². The third kappa shape index (κ3) is 3.87. The molecular formula is C16H14N2OS. The van der Waals surface area contributed by atoms with Crippen LogP contribution in [0.2, 0.25) is 0 Å². The monoisotopic (exact) mass is 282 g/mol. The molecule has 0 radical (unpaired) electrons. The molecular weight excluding hydrogens is 268 g/mol. The van der Waals surface area contributed by atoms with Crippen LogP contribution in [0.15, 0.2) is 58.4 Å². The molecule has 1 N–H and O–H groups in total. The molecule has 0 heterocycles. The molecule has 2 aromatic rings. The van der Waals surface area contributed by atoms with Crippen LogP contribution in [0.3, 0.4) is 0 Å². The second kappa shape index (κ2) is 7.37. The Labute approximate surface area is 122 Å². The summed E-state index contributed by atoms with van der Waals surface area (Å²) in [6, 6.07) is 17.0. The fourth-order valence-electron chi connectivity index (χ4n) is 1.63. The van der Waals surface area contributed by atoms with Gasteiger partial charge in [0, 0.05) is 28.8 Å². The number of hydrogen-bond acceptors (Lipinski definition) is 4. The van der Waals surface area contributed by atoms with Gasteiger partial charge >= 0.3 is 0 Å². The lowest BCUT2D eigenvalue weighted by atomic mass is 10.2. The molecule has 0 fully saturated rings. The van der Waals surface area contributed by atoms with Crippen molar-refractivity contribution in [2.24, 2.45) is 4.99 Å². The third-order valence-electron chi connectivity index (χ3n) is 2.62. The molecule has 2 rings (SSSR count). The fourth-order valence-corrected chi connectivity index (χ4v) is 2.48. The molecule has 100 valence electrons. The highest BCUT2D eigenvalue weighted by Gasteiger charge is 2.01. The van der Waals surface area contributed by atoms with Crippen LogP contribution in [0.4, 0.5) is 5.69 Å². The molecule has 3 nitrogen and oxygen atoms in total. The summed E-state index contributed by atoms with van der Waals surface area (Å²) in [4.78, 5) is 5.46. The van der Waals surface area contributed by atoms with Crippen molar-refractivity contribution in [2.75, 3.05) is 5.75 Å². The molecule has 0 saturated heterocycles.